The molecule has 0 aliphatic carbocycles. The molecule has 0 unspecified atom stereocenters. The molecule has 3 nitrogen and oxygen atoms in total. The Hall–Kier alpha value is -1.22. The zero-order chi connectivity index (χ0) is 11.5. The number of nitrogens with zero attached hydrogens (tertiary/aromatic N) is 1. The van der Waals surface area contributed by atoms with Crippen molar-refractivity contribution in [3.05, 3.63) is 34.7 Å². The number of benzene rings is 1. The zero-order valence-corrected chi connectivity index (χ0v) is 9.40. The van der Waals surface area contributed by atoms with Crippen LogP contribution >= 0.6 is 0 Å². The van der Waals surface area contributed by atoms with Gasteiger partial charge in [0.05, 0.1) is 6.10 Å². The predicted molar refractivity (Wildman–Crippen MR) is 61.1 cm³/mol. The molecule has 0 spiro atoms. The third kappa shape index (κ3) is 3.44. The SMILES string of the molecule is CC(C)(C)[C@@H](O)Cc1ccc(N=O)cc1. The normalized spacial score (nSPS) is 13.6. The Morgan fingerprint density at radius 3 is 2.20 bits per heavy atom. The van der Waals surface area contributed by atoms with Gasteiger partial charge in [0.25, 0.3) is 0 Å². The van der Waals surface area contributed by atoms with Gasteiger partial charge in [-0.2, -0.15) is 0 Å². The van der Waals surface area contributed by atoms with Crippen LogP contribution in [0.2, 0.25) is 0 Å². The maximum Gasteiger partial charge on any atom is 0.108 e. The molecule has 0 amide bonds. The summed E-state index contributed by atoms with van der Waals surface area (Å²) in [4.78, 5) is 10.2. The molecule has 0 saturated heterocycles. The van der Waals surface area contributed by atoms with Gasteiger partial charge < -0.3 is 5.11 Å². The van der Waals surface area contributed by atoms with E-state index in [1.54, 1.807) is 12.1 Å². The van der Waals surface area contributed by atoms with Gasteiger partial charge in [0.1, 0.15) is 5.69 Å². The lowest BCUT2D eigenvalue weighted by Gasteiger charge is -2.25. The average molecular weight is 207 g/mol. The van der Waals surface area contributed by atoms with Crippen molar-refractivity contribution in [2.45, 2.75) is 33.3 Å². The molecular weight excluding hydrogens is 190 g/mol. The Balaban J connectivity index is 2.69. The van der Waals surface area contributed by atoms with Crippen LogP contribution in [0.3, 0.4) is 0 Å². The summed E-state index contributed by atoms with van der Waals surface area (Å²) in [6.45, 7) is 6.00. The molecule has 0 saturated carbocycles. The molecule has 1 atom stereocenters. The van der Waals surface area contributed by atoms with Gasteiger partial charge in [0.2, 0.25) is 0 Å². The first kappa shape index (κ1) is 11.9. The molecule has 0 aliphatic rings. The van der Waals surface area contributed by atoms with Gasteiger partial charge in [-0.15, -0.1) is 4.91 Å². The maximum absolute atomic E-state index is 10.2. The first-order chi connectivity index (χ1) is 6.93. The molecule has 1 N–H and O–H groups in total. The van der Waals surface area contributed by atoms with Crippen LogP contribution in [0.15, 0.2) is 29.4 Å². The van der Waals surface area contributed by atoms with Crippen LogP contribution in [0, 0.1) is 10.3 Å². The van der Waals surface area contributed by atoms with Crippen LogP contribution in [-0.4, -0.2) is 11.2 Å². The fourth-order valence-corrected chi connectivity index (χ4v) is 1.22. The minimum atomic E-state index is -0.382. The van der Waals surface area contributed by atoms with Crippen molar-refractivity contribution in [3.63, 3.8) is 0 Å². The molecule has 1 aromatic carbocycles. The van der Waals surface area contributed by atoms with E-state index in [0.717, 1.165) is 5.56 Å². The van der Waals surface area contributed by atoms with Crippen LogP contribution < -0.4 is 0 Å². The van der Waals surface area contributed by atoms with Crippen molar-refractivity contribution in [2.24, 2.45) is 10.6 Å². The van der Waals surface area contributed by atoms with E-state index in [4.69, 9.17) is 0 Å². The summed E-state index contributed by atoms with van der Waals surface area (Å²) in [7, 11) is 0. The van der Waals surface area contributed by atoms with Gasteiger partial charge >= 0.3 is 0 Å². The summed E-state index contributed by atoms with van der Waals surface area (Å²) in [6.07, 6.45) is 0.218. The molecule has 0 bridgehead atoms. The molecule has 0 heterocycles. The number of nitroso groups, excluding NO2 is 1. The second kappa shape index (κ2) is 4.53. The number of hydrogen-bond donors (Lipinski definition) is 1. The summed E-state index contributed by atoms with van der Waals surface area (Å²) in [5.41, 5.74) is 1.32. The highest BCUT2D eigenvalue weighted by Crippen LogP contribution is 2.23. The Kier molecular flexibility index (Phi) is 3.58. The van der Waals surface area contributed by atoms with E-state index in [-0.39, 0.29) is 11.5 Å². The fourth-order valence-electron chi connectivity index (χ4n) is 1.22. The largest absolute Gasteiger partial charge is 0.392 e. The predicted octanol–water partition coefficient (Wildman–Crippen LogP) is 3.03. The first-order valence-corrected chi connectivity index (χ1v) is 5.04. The Bertz CT molecular complexity index is 324. The van der Waals surface area contributed by atoms with E-state index in [1.165, 1.54) is 0 Å². The molecule has 3 heteroatoms. The number of aliphatic hydroxyl groups is 1. The minimum Gasteiger partial charge on any atom is -0.392 e. The molecule has 1 aromatic rings. The second-order valence-electron chi connectivity index (χ2n) is 4.84. The van der Waals surface area contributed by atoms with Gasteiger partial charge in [-0.05, 0) is 34.7 Å². The van der Waals surface area contributed by atoms with Gasteiger partial charge in [0.15, 0.2) is 0 Å². The third-order valence-electron chi connectivity index (χ3n) is 2.47. The van der Waals surface area contributed by atoms with Crippen LogP contribution in [0.4, 0.5) is 5.69 Å². The van der Waals surface area contributed by atoms with E-state index < -0.39 is 0 Å². The highest BCUT2D eigenvalue weighted by Gasteiger charge is 2.21. The summed E-state index contributed by atoms with van der Waals surface area (Å²) in [6, 6.07) is 6.98. The maximum atomic E-state index is 10.2. The molecule has 0 aliphatic heterocycles. The molecule has 0 radical (unpaired) electrons. The number of hydrogen-bond acceptors (Lipinski definition) is 3. The van der Waals surface area contributed by atoms with Gasteiger partial charge in [-0.1, -0.05) is 32.9 Å². The summed E-state index contributed by atoms with van der Waals surface area (Å²) in [5, 5.41) is 12.7. The Morgan fingerprint density at radius 2 is 1.80 bits per heavy atom. The van der Waals surface area contributed by atoms with Crippen molar-refractivity contribution in [1.29, 1.82) is 0 Å². The van der Waals surface area contributed by atoms with Crippen molar-refractivity contribution in [1.82, 2.24) is 0 Å². The lowest BCUT2D eigenvalue weighted by molar-refractivity contribution is 0.0636. The molecular formula is C12H17NO2. The smallest absolute Gasteiger partial charge is 0.108 e. The fraction of sp³-hybridized carbons (Fsp3) is 0.500. The lowest BCUT2D eigenvalue weighted by Crippen LogP contribution is -2.27. The highest BCUT2D eigenvalue weighted by molar-refractivity contribution is 5.38. The van der Waals surface area contributed by atoms with Gasteiger partial charge in [-0.25, -0.2) is 0 Å². The van der Waals surface area contributed by atoms with E-state index >= 15 is 0 Å². The van der Waals surface area contributed by atoms with Crippen LogP contribution in [-0.2, 0) is 6.42 Å². The minimum absolute atomic E-state index is 0.123. The molecule has 15 heavy (non-hydrogen) atoms. The zero-order valence-electron chi connectivity index (χ0n) is 9.40. The summed E-state index contributed by atoms with van der Waals surface area (Å²) in [5.74, 6) is 0. The van der Waals surface area contributed by atoms with E-state index in [9.17, 15) is 10.0 Å². The van der Waals surface area contributed by atoms with Gasteiger partial charge in [-0.3, -0.25) is 0 Å². The Morgan fingerprint density at radius 1 is 1.27 bits per heavy atom. The van der Waals surface area contributed by atoms with Crippen molar-refractivity contribution < 1.29 is 5.11 Å². The average Bonchev–Trinajstić information content (AvgIpc) is 2.17. The summed E-state index contributed by atoms with van der Waals surface area (Å²) >= 11 is 0. The van der Waals surface area contributed by atoms with Crippen LogP contribution in [0.5, 0.6) is 0 Å². The summed E-state index contributed by atoms with van der Waals surface area (Å²) < 4.78 is 0. The quantitative estimate of drug-likeness (QED) is 0.774. The number of rotatable bonds is 3. The standard InChI is InChI=1S/C12H17NO2/c1-12(2,3)11(14)8-9-4-6-10(13-15)7-5-9/h4-7,11,14H,8H2,1-3H3/t11-/m0/s1. The molecule has 0 fully saturated rings. The molecule has 0 aromatic heterocycles. The first-order valence-electron chi connectivity index (χ1n) is 5.04. The van der Waals surface area contributed by atoms with Gasteiger partial charge in [0, 0.05) is 0 Å². The lowest BCUT2D eigenvalue weighted by atomic mass is 9.85. The topological polar surface area (TPSA) is 49.7 Å². The van der Waals surface area contributed by atoms with E-state index in [2.05, 4.69) is 5.18 Å². The third-order valence-corrected chi connectivity index (χ3v) is 2.47. The van der Waals surface area contributed by atoms with Crippen molar-refractivity contribution in [2.75, 3.05) is 0 Å². The van der Waals surface area contributed by atoms with Crippen LogP contribution in [0.1, 0.15) is 26.3 Å². The number of aliphatic hydroxyl groups excluding tert-OH is 1. The molecule has 82 valence electrons. The van der Waals surface area contributed by atoms with Crippen LogP contribution in [0.25, 0.3) is 0 Å². The Labute approximate surface area is 90.1 Å². The van der Waals surface area contributed by atoms with Crippen molar-refractivity contribution in [3.8, 4) is 0 Å². The second-order valence-corrected chi connectivity index (χ2v) is 4.84. The highest BCUT2D eigenvalue weighted by atomic mass is 16.3. The van der Waals surface area contributed by atoms with Crippen molar-refractivity contribution >= 4 is 5.69 Å². The monoisotopic (exact) mass is 207 g/mol. The van der Waals surface area contributed by atoms with E-state index in [0.29, 0.717) is 12.1 Å². The van der Waals surface area contributed by atoms with E-state index in [1.807, 2.05) is 32.9 Å². The molecule has 1 rings (SSSR count).